The van der Waals surface area contributed by atoms with Gasteiger partial charge in [-0.3, -0.25) is 5.43 Å². The normalized spacial score (nSPS) is 11.1. The molecule has 152 valence electrons. The maximum atomic E-state index is 12.4. The second-order valence-corrected chi connectivity index (χ2v) is 7.79. The van der Waals surface area contributed by atoms with Crippen LogP contribution in [-0.2, 0) is 10.0 Å². The number of ether oxygens (including phenoxy) is 1. The van der Waals surface area contributed by atoms with Crippen LogP contribution in [0.2, 0.25) is 0 Å². The van der Waals surface area contributed by atoms with E-state index in [1.54, 1.807) is 12.1 Å². The van der Waals surface area contributed by atoms with Crippen LogP contribution in [0, 0.1) is 6.92 Å². The summed E-state index contributed by atoms with van der Waals surface area (Å²) in [4.78, 5) is 10.5. The van der Waals surface area contributed by atoms with Crippen molar-refractivity contribution in [3.05, 3.63) is 60.4 Å². The van der Waals surface area contributed by atoms with E-state index in [0.29, 0.717) is 12.4 Å². The molecule has 0 aliphatic carbocycles. The van der Waals surface area contributed by atoms with Gasteiger partial charge in [-0.15, -0.1) is 4.83 Å². The molecule has 1 aromatic heterocycles. The number of hydrogen-bond acceptors (Lipinski definition) is 8. The van der Waals surface area contributed by atoms with Gasteiger partial charge in [-0.2, -0.15) is 0 Å². The van der Waals surface area contributed by atoms with Crippen molar-refractivity contribution in [1.29, 1.82) is 0 Å². The van der Waals surface area contributed by atoms with Gasteiger partial charge in [0.1, 0.15) is 17.8 Å². The van der Waals surface area contributed by atoms with Crippen LogP contribution in [0.1, 0.15) is 12.5 Å². The molecule has 2 aromatic carbocycles. The van der Waals surface area contributed by atoms with Crippen molar-refractivity contribution in [2.75, 3.05) is 23.1 Å². The van der Waals surface area contributed by atoms with E-state index in [4.69, 9.17) is 10.5 Å². The number of rotatable bonds is 8. The summed E-state index contributed by atoms with van der Waals surface area (Å²) in [6, 6.07) is 13.7. The molecule has 9 nitrogen and oxygen atoms in total. The highest BCUT2D eigenvalue weighted by Gasteiger charge is 2.15. The first-order chi connectivity index (χ1) is 13.9. The third-order valence-corrected chi connectivity index (χ3v) is 5.21. The first-order valence-corrected chi connectivity index (χ1v) is 10.3. The van der Waals surface area contributed by atoms with E-state index in [1.807, 2.05) is 38.1 Å². The number of hydrogen-bond donors (Lipinski definition) is 4. The van der Waals surface area contributed by atoms with Gasteiger partial charge in [-0.05, 0) is 50.2 Å². The lowest BCUT2D eigenvalue weighted by atomic mass is 10.2. The number of benzene rings is 2. The molecular weight excluding hydrogens is 392 g/mol. The number of nitrogens with zero attached hydrogens (tertiary/aromatic N) is 2. The minimum absolute atomic E-state index is 0.121. The van der Waals surface area contributed by atoms with E-state index in [2.05, 4.69) is 25.5 Å². The molecule has 0 radical (unpaired) electrons. The van der Waals surface area contributed by atoms with Gasteiger partial charge in [0.25, 0.3) is 10.0 Å². The van der Waals surface area contributed by atoms with Crippen LogP contribution in [0.15, 0.2) is 59.8 Å². The minimum atomic E-state index is -3.79. The van der Waals surface area contributed by atoms with E-state index < -0.39 is 10.0 Å². The highest BCUT2D eigenvalue weighted by Crippen LogP contribution is 2.26. The molecule has 0 unspecified atom stereocenters. The van der Waals surface area contributed by atoms with Crippen LogP contribution in [0.3, 0.4) is 0 Å². The van der Waals surface area contributed by atoms with Crippen molar-refractivity contribution in [2.45, 2.75) is 18.7 Å². The fourth-order valence-electron chi connectivity index (χ4n) is 2.42. The summed E-state index contributed by atoms with van der Waals surface area (Å²) in [6.07, 6.45) is 1.27. The predicted molar refractivity (Wildman–Crippen MR) is 112 cm³/mol. The van der Waals surface area contributed by atoms with Gasteiger partial charge < -0.3 is 15.8 Å². The summed E-state index contributed by atoms with van der Waals surface area (Å²) < 4.78 is 30.2. The highest BCUT2D eigenvalue weighted by molar-refractivity contribution is 7.89. The second-order valence-electron chi connectivity index (χ2n) is 6.11. The number of hydrazine groups is 1. The first-order valence-electron chi connectivity index (χ1n) is 8.84. The van der Waals surface area contributed by atoms with Crippen molar-refractivity contribution >= 4 is 33.0 Å². The topological polar surface area (TPSA) is 131 Å². The molecule has 5 N–H and O–H groups in total. The Morgan fingerprint density at radius 1 is 1.00 bits per heavy atom. The van der Waals surface area contributed by atoms with Gasteiger partial charge in [0, 0.05) is 5.69 Å². The number of anilines is 4. The first kappa shape index (κ1) is 20.4. The van der Waals surface area contributed by atoms with E-state index in [-0.39, 0.29) is 16.4 Å². The Morgan fingerprint density at radius 3 is 2.31 bits per heavy atom. The molecule has 10 heteroatoms. The maximum Gasteiger partial charge on any atom is 0.257 e. The fraction of sp³-hybridized carbons (Fsp3) is 0.158. The molecule has 0 atom stereocenters. The molecule has 29 heavy (non-hydrogen) atoms. The quantitative estimate of drug-likeness (QED) is 0.414. The number of nitrogens with two attached hydrogens (primary N) is 1. The molecule has 3 rings (SSSR count). The predicted octanol–water partition coefficient (Wildman–Crippen LogP) is 2.81. The molecule has 0 aliphatic heterocycles. The summed E-state index contributed by atoms with van der Waals surface area (Å²) in [6.45, 7) is 4.37. The number of sulfonamides is 1. The Kier molecular flexibility index (Phi) is 6.15. The maximum absolute atomic E-state index is 12.4. The lowest BCUT2D eigenvalue weighted by Gasteiger charge is -2.14. The lowest BCUT2D eigenvalue weighted by Crippen LogP contribution is -2.30. The Bertz CT molecular complexity index is 1070. The van der Waals surface area contributed by atoms with Crippen LogP contribution in [-0.4, -0.2) is 25.0 Å². The molecule has 1 heterocycles. The zero-order chi connectivity index (χ0) is 20.9. The van der Waals surface area contributed by atoms with Gasteiger partial charge in [0.15, 0.2) is 11.6 Å². The standard InChI is InChI=1S/C19H22N6O3S/c1-3-28-15-8-6-14(7-9-15)23-18-17(20)19(22-12-21-18)24-25-29(26,27)16-10-4-13(2)5-11-16/h4-12,25H,3,20H2,1-2H3,(H2,21,22,23,24). The minimum Gasteiger partial charge on any atom is -0.494 e. The van der Waals surface area contributed by atoms with E-state index in [9.17, 15) is 8.42 Å². The zero-order valence-corrected chi connectivity index (χ0v) is 16.8. The smallest absolute Gasteiger partial charge is 0.257 e. The number of nitrogen functional groups attached to an aromatic ring is 1. The molecule has 0 saturated carbocycles. The fourth-order valence-corrected chi connectivity index (χ4v) is 3.27. The second kappa shape index (κ2) is 8.76. The SMILES string of the molecule is CCOc1ccc(Nc2ncnc(NNS(=O)(=O)c3ccc(C)cc3)c2N)cc1. The van der Waals surface area contributed by atoms with Gasteiger partial charge >= 0.3 is 0 Å². The summed E-state index contributed by atoms with van der Waals surface area (Å²) >= 11 is 0. The lowest BCUT2D eigenvalue weighted by molar-refractivity contribution is 0.340. The molecule has 0 bridgehead atoms. The third-order valence-electron chi connectivity index (χ3n) is 3.95. The summed E-state index contributed by atoms with van der Waals surface area (Å²) in [7, 11) is -3.79. The van der Waals surface area contributed by atoms with Gasteiger partial charge in [0.05, 0.1) is 11.5 Å². The summed E-state index contributed by atoms with van der Waals surface area (Å²) in [5.74, 6) is 1.21. The molecule has 0 saturated heterocycles. The largest absolute Gasteiger partial charge is 0.494 e. The van der Waals surface area contributed by atoms with Crippen molar-refractivity contribution in [1.82, 2.24) is 14.8 Å². The number of aromatic nitrogens is 2. The van der Waals surface area contributed by atoms with Gasteiger partial charge in [0.2, 0.25) is 0 Å². The van der Waals surface area contributed by atoms with E-state index in [0.717, 1.165) is 17.0 Å². The van der Waals surface area contributed by atoms with Crippen LogP contribution < -0.4 is 26.0 Å². The van der Waals surface area contributed by atoms with Gasteiger partial charge in [-0.1, -0.05) is 17.7 Å². The van der Waals surface area contributed by atoms with Crippen LogP contribution in [0.5, 0.6) is 5.75 Å². The average molecular weight is 414 g/mol. The number of aryl methyl sites for hydroxylation is 1. The Morgan fingerprint density at radius 2 is 1.66 bits per heavy atom. The molecule has 3 aromatic rings. The summed E-state index contributed by atoms with van der Waals surface area (Å²) in [5.41, 5.74) is 10.5. The zero-order valence-electron chi connectivity index (χ0n) is 16.0. The van der Waals surface area contributed by atoms with Crippen molar-refractivity contribution in [2.24, 2.45) is 0 Å². The van der Waals surface area contributed by atoms with Crippen LogP contribution in [0.4, 0.5) is 23.0 Å². The van der Waals surface area contributed by atoms with Gasteiger partial charge in [-0.25, -0.2) is 18.4 Å². The molecule has 0 fully saturated rings. The molecule has 0 spiro atoms. The van der Waals surface area contributed by atoms with Crippen molar-refractivity contribution in [3.63, 3.8) is 0 Å². The Hall–Kier alpha value is -3.37. The van der Waals surface area contributed by atoms with E-state index in [1.165, 1.54) is 18.5 Å². The molecule has 0 amide bonds. The summed E-state index contributed by atoms with van der Waals surface area (Å²) in [5, 5.41) is 3.07. The van der Waals surface area contributed by atoms with Crippen molar-refractivity contribution in [3.8, 4) is 5.75 Å². The third kappa shape index (κ3) is 5.12. The molecule has 0 aliphatic rings. The van der Waals surface area contributed by atoms with Crippen LogP contribution in [0.25, 0.3) is 0 Å². The number of nitrogens with one attached hydrogen (secondary N) is 3. The van der Waals surface area contributed by atoms with E-state index >= 15 is 0 Å². The van der Waals surface area contributed by atoms with Crippen LogP contribution >= 0.6 is 0 Å². The Labute approximate surface area is 169 Å². The average Bonchev–Trinajstić information content (AvgIpc) is 2.71. The Balaban J connectivity index is 1.72. The monoisotopic (exact) mass is 414 g/mol. The van der Waals surface area contributed by atoms with Crippen molar-refractivity contribution < 1.29 is 13.2 Å². The molecular formula is C19H22N6O3S. The highest BCUT2D eigenvalue weighted by atomic mass is 32.2.